The fourth-order valence-electron chi connectivity index (χ4n) is 5.14. The van der Waals surface area contributed by atoms with Gasteiger partial charge in [-0.05, 0) is 58.5 Å². The number of hydrogen-bond donors (Lipinski definition) is 0. The summed E-state index contributed by atoms with van der Waals surface area (Å²) in [5.74, 6) is 0.499. The van der Waals surface area contributed by atoms with Gasteiger partial charge in [0.25, 0.3) is 0 Å². The van der Waals surface area contributed by atoms with E-state index in [1.807, 2.05) is 24.1 Å². The molecule has 6 rings (SSSR count). The smallest absolute Gasteiger partial charge is 0.0961 e. The largest absolute Gasteiger partial charge is 0.381 e. The Hall–Kier alpha value is -2.70. The molecule has 1 aliphatic rings. The summed E-state index contributed by atoms with van der Waals surface area (Å²) in [4.78, 5) is 4.85. The number of hydrogen-bond acceptors (Lipinski definition) is 3. The third-order valence-electron chi connectivity index (χ3n) is 6.60. The minimum Gasteiger partial charge on any atom is -0.381 e. The molecule has 0 unspecified atom stereocenters. The highest BCUT2D eigenvalue weighted by atomic mass is 79.9. The Labute approximate surface area is 188 Å². The van der Waals surface area contributed by atoms with E-state index in [4.69, 9.17) is 9.72 Å². The third kappa shape index (κ3) is 3.08. The van der Waals surface area contributed by atoms with Gasteiger partial charge in [-0.2, -0.15) is 5.10 Å². The first kappa shape index (κ1) is 19.0. The summed E-state index contributed by atoms with van der Waals surface area (Å²) in [7, 11) is 1.99. The zero-order valence-corrected chi connectivity index (χ0v) is 18.9. The van der Waals surface area contributed by atoms with Gasteiger partial charge in [-0.25, -0.2) is 0 Å². The standard InChI is InChI=1S/C25H23BrN4O/c1-29-21-13-20-22(11-18(21)14-28-29)30(23-12-19(26)15-27-24(20)23)25(16-5-3-2-4-6-16)17-7-9-31-10-8-17/h2-6,11-15,17,25H,7-10H2,1H3/t25-/m1/s1. The lowest BCUT2D eigenvalue weighted by molar-refractivity contribution is 0.0553. The number of fused-ring (bicyclic) bond motifs is 4. The number of aryl methyl sites for hydroxylation is 1. The Morgan fingerprint density at radius 3 is 2.61 bits per heavy atom. The van der Waals surface area contributed by atoms with Crippen LogP contribution in [0.4, 0.5) is 0 Å². The van der Waals surface area contributed by atoms with Crippen molar-refractivity contribution in [3.05, 3.63) is 71.0 Å². The second-order valence-electron chi connectivity index (χ2n) is 8.39. The molecule has 156 valence electrons. The molecule has 3 aromatic heterocycles. The van der Waals surface area contributed by atoms with Crippen molar-refractivity contribution < 1.29 is 4.74 Å². The molecule has 0 bridgehead atoms. The molecule has 0 amide bonds. The quantitative estimate of drug-likeness (QED) is 0.329. The summed E-state index contributed by atoms with van der Waals surface area (Å²) in [6.45, 7) is 1.64. The molecule has 5 nitrogen and oxygen atoms in total. The number of aromatic nitrogens is 4. The molecule has 0 radical (unpaired) electrons. The van der Waals surface area contributed by atoms with Crippen molar-refractivity contribution >= 4 is 48.8 Å². The fourth-order valence-corrected chi connectivity index (χ4v) is 5.46. The average molecular weight is 475 g/mol. The van der Waals surface area contributed by atoms with E-state index < -0.39 is 0 Å². The second kappa shape index (κ2) is 7.46. The Balaban J connectivity index is 1.71. The second-order valence-corrected chi connectivity index (χ2v) is 9.31. The van der Waals surface area contributed by atoms with Crippen LogP contribution in [-0.4, -0.2) is 32.5 Å². The maximum atomic E-state index is 5.72. The molecule has 6 heteroatoms. The summed E-state index contributed by atoms with van der Waals surface area (Å²) >= 11 is 3.66. The highest BCUT2D eigenvalue weighted by Crippen LogP contribution is 2.41. The number of rotatable bonds is 3. The predicted octanol–water partition coefficient (Wildman–Crippen LogP) is 5.85. The normalized spacial score (nSPS) is 16.5. The first-order valence-electron chi connectivity index (χ1n) is 10.7. The Kier molecular flexibility index (Phi) is 4.58. The first-order valence-corrected chi connectivity index (χ1v) is 11.5. The van der Waals surface area contributed by atoms with Gasteiger partial charge in [0.2, 0.25) is 0 Å². The van der Waals surface area contributed by atoms with Gasteiger partial charge in [0, 0.05) is 41.7 Å². The van der Waals surface area contributed by atoms with Gasteiger partial charge < -0.3 is 9.30 Å². The molecule has 0 N–H and O–H groups in total. The number of nitrogens with zero attached hydrogens (tertiary/aromatic N) is 4. The van der Waals surface area contributed by atoms with E-state index in [1.165, 1.54) is 16.5 Å². The van der Waals surface area contributed by atoms with Crippen molar-refractivity contribution in [1.82, 2.24) is 19.3 Å². The van der Waals surface area contributed by atoms with Gasteiger partial charge in [-0.3, -0.25) is 9.67 Å². The lowest BCUT2D eigenvalue weighted by Crippen LogP contribution is -2.26. The van der Waals surface area contributed by atoms with E-state index >= 15 is 0 Å². The summed E-state index contributed by atoms with van der Waals surface area (Å²) in [5.41, 5.74) is 5.86. The molecule has 0 saturated carbocycles. The third-order valence-corrected chi connectivity index (χ3v) is 7.04. The van der Waals surface area contributed by atoms with E-state index in [2.05, 4.69) is 74.1 Å². The minimum absolute atomic E-state index is 0.218. The molecular formula is C25H23BrN4O. The molecule has 1 aliphatic heterocycles. The molecule has 5 aromatic rings. The topological polar surface area (TPSA) is 44.9 Å². The van der Waals surface area contributed by atoms with Crippen molar-refractivity contribution in [2.75, 3.05) is 13.2 Å². The van der Waals surface area contributed by atoms with Gasteiger partial charge in [0.05, 0.1) is 34.3 Å². The molecule has 2 aromatic carbocycles. The Bertz CT molecular complexity index is 1400. The molecule has 31 heavy (non-hydrogen) atoms. The Morgan fingerprint density at radius 1 is 1.00 bits per heavy atom. The van der Waals surface area contributed by atoms with Crippen LogP contribution in [0.5, 0.6) is 0 Å². The highest BCUT2D eigenvalue weighted by Gasteiger charge is 2.30. The fraction of sp³-hybridized carbons (Fsp3) is 0.280. The molecule has 4 heterocycles. The van der Waals surface area contributed by atoms with Crippen LogP contribution in [0.15, 0.2) is 65.4 Å². The number of halogens is 1. The number of ether oxygens (including phenoxy) is 1. The molecule has 1 saturated heterocycles. The van der Waals surface area contributed by atoms with Gasteiger partial charge in [-0.1, -0.05) is 30.3 Å². The van der Waals surface area contributed by atoms with Gasteiger partial charge >= 0.3 is 0 Å². The van der Waals surface area contributed by atoms with E-state index in [0.29, 0.717) is 5.92 Å². The van der Waals surface area contributed by atoms with Crippen molar-refractivity contribution in [2.45, 2.75) is 18.9 Å². The SMILES string of the molecule is Cn1ncc2cc3c(cc21)c1ncc(Br)cc1n3[C@H](c1ccccc1)C1CCOCC1. The van der Waals surface area contributed by atoms with Crippen molar-refractivity contribution in [2.24, 2.45) is 13.0 Å². The average Bonchev–Trinajstić information content (AvgIpc) is 3.31. The predicted molar refractivity (Wildman–Crippen MR) is 127 cm³/mol. The maximum absolute atomic E-state index is 5.72. The first-order chi connectivity index (χ1) is 15.2. The maximum Gasteiger partial charge on any atom is 0.0961 e. The van der Waals surface area contributed by atoms with Gasteiger partial charge in [0.1, 0.15) is 0 Å². The van der Waals surface area contributed by atoms with E-state index in [-0.39, 0.29) is 6.04 Å². The number of benzene rings is 2. The zero-order valence-electron chi connectivity index (χ0n) is 17.3. The molecule has 0 spiro atoms. The van der Waals surface area contributed by atoms with Crippen LogP contribution in [0, 0.1) is 5.92 Å². The van der Waals surface area contributed by atoms with Crippen molar-refractivity contribution in [3.63, 3.8) is 0 Å². The summed E-state index contributed by atoms with van der Waals surface area (Å²) in [6, 6.07) is 17.8. The summed E-state index contributed by atoms with van der Waals surface area (Å²) < 4.78 is 11.2. The molecule has 1 fully saturated rings. The van der Waals surface area contributed by atoms with E-state index in [1.54, 1.807) is 0 Å². The van der Waals surface area contributed by atoms with Crippen molar-refractivity contribution in [3.8, 4) is 0 Å². The van der Waals surface area contributed by atoms with Crippen molar-refractivity contribution in [1.29, 1.82) is 0 Å². The Morgan fingerprint density at radius 2 is 1.81 bits per heavy atom. The van der Waals surface area contributed by atoms with E-state index in [0.717, 1.165) is 52.5 Å². The highest BCUT2D eigenvalue weighted by molar-refractivity contribution is 9.10. The van der Waals surface area contributed by atoms with Gasteiger partial charge in [0.15, 0.2) is 0 Å². The molecule has 1 atom stereocenters. The van der Waals surface area contributed by atoms with Crippen LogP contribution < -0.4 is 0 Å². The number of pyridine rings is 1. The van der Waals surface area contributed by atoms with Crippen LogP contribution in [0.1, 0.15) is 24.4 Å². The lowest BCUT2D eigenvalue weighted by Gasteiger charge is -2.33. The molecular weight excluding hydrogens is 452 g/mol. The zero-order chi connectivity index (χ0) is 20.9. The monoisotopic (exact) mass is 474 g/mol. The minimum atomic E-state index is 0.218. The lowest BCUT2D eigenvalue weighted by atomic mass is 9.86. The van der Waals surface area contributed by atoms with E-state index in [9.17, 15) is 0 Å². The van der Waals surface area contributed by atoms with Crippen LogP contribution in [0.25, 0.3) is 32.8 Å². The molecule has 0 aliphatic carbocycles. The van der Waals surface area contributed by atoms with Crippen LogP contribution >= 0.6 is 15.9 Å². The van der Waals surface area contributed by atoms with Crippen LogP contribution in [-0.2, 0) is 11.8 Å². The van der Waals surface area contributed by atoms with Crippen LogP contribution in [0.2, 0.25) is 0 Å². The summed E-state index contributed by atoms with van der Waals surface area (Å²) in [6.07, 6.45) is 5.95. The van der Waals surface area contributed by atoms with Crippen LogP contribution in [0.3, 0.4) is 0 Å². The van der Waals surface area contributed by atoms with Gasteiger partial charge in [-0.15, -0.1) is 0 Å². The summed E-state index contributed by atoms with van der Waals surface area (Å²) in [5, 5.41) is 6.80.